The van der Waals surface area contributed by atoms with Gasteiger partial charge in [0.1, 0.15) is 17.1 Å². The van der Waals surface area contributed by atoms with Crippen LogP contribution in [0.5, 0.6) is 5.75 Å². The number of aromatic nitrogens is 2. The van der Waals surface area contributed by atoms with Gasteiger partial charge in [-0.3, -0.25) is 9.10 Å². The van der Waals surface area contributed by atoms with Gasteiger partial charge in [-0.15, -0.1) is 0 Å². The average molecular weight is 642 g/mol. The lowest BCUT2D eigenvalue weighted by atomic mass is 10.0. The Labute approximate surface area is 253 Å². The number of amides is 1. The van der Waals surface area contributed by atoms with Gasteiger partial charge in [0.15, 0.2) is 0 Å². The van der Waals surface area contributed by atoms with Crippen LogP contribution in [0.15, 0.2) is 42.6 Å². The first-order valence-corrected chi connectivity index (χ1v) is 14.7. The molecule has 2 heterocycles. The summed E-state index contributed by atoms with van der Waals surface area (Å²) in [6, 6.07) is 9.10. The molecular formula is C27H31ClF3N7O4S. The second-order valence-electron chi connectivity index (χ2n) is 9.93. The zero-order valence-electron chi connectivity index (χ0n) is 23.5. The summed E-state index contributed by atoms with van der Waals surface area (Å²) in [5, 5.41) is 8.77. The van der Waals surface area contributed by atoms with Crippen LogP contribution in [0.3, 0.4) is 0 Å². The molecule has 16 heteroatoms. The van der Waals surface area contributed by atoms with Gasteiger partial charge < -0.3 is 25.6 Å². The maximum absolute atomic E-state index is 13.8. The minimum absolute atomic E-state index is 0.0614. The first-order valence-electron chi connectivity index (χ1n) is 13.1. The number of nitrogens with one attached hydrogen (secondary N) is 3. The molecule has 3 N–H and O–H groups in total. The van der Waals surface area contributed by atoms with Gasteiger partial charge in [-0.25, -0.2) is 13.4 Å². The molecule has 1 aliphatic rings. The van der Waals surface area contributed by atoms with Crippen LogP contribution in [0.25, 0.3) is 0 Å². The number of anilines is 4. The number of benzene rings is 2. The van der Waals surface area contributed by atoms with Gasteiger partial charge in [0, 0.05) is 36.4 Å². The predicted molar refractivity (Wildman–Crippen MR) is 159 cm³/mol. The Morgan fingerprint density at radius 2 is 1.91 bits per heavy atom. The van der Waals surface area contributed by atoms with E-state index >= 15 is 0 Å². The van der Waals surface area contributed by atoms with E-state index in [1.54, 1.807) is 12.1 Å². The number of hydrogen-bond acceptors (Lipinski definition) is 9. The first-order chi connectivity index (χ1) is 20.3. The number of carbonyl (C=O) groups is 1. The molecule has 11 nitrogen and oxygen atoms in total. The van der Waals surface area contributed by atoms with E-state index in [9.17, 15) is 26.4 Å². The van der Waals surface area contributed by atoms with E-state index in [-0.39, 0.29) is 40.9 Å². The third kappa shape index (κ3) is 8.18. The number of ether oxygens (including phenoxy) is 1. The van der Waals surface area contributed by atoms with Crippen molar-refractivity contribution in [3.8, 4) is 5.75 Å². The lowest BCUT2D eigenvalue weighted by molar-refractivity contribution is -0.137. The molecule has 232 valence electrons. The van der Waals surface area contributed by atoms with Crippen molar-refractivity contribution in [3.63, 3.8) is 0 Å². The minimum atomic E-state index is -4.78. The van der Waals surface area contributed by atoms with E-state index in [2.05, 4.69) is 30.8 Å². The van der Waals surface area contributed by atoms with E-state index in [0.29, 0.717) is 23.0 Å². The van der Waals surface area contributed by atoms with Crippen LogP contribution in [0.2, 0.25) is 5.02 Å². The Morgan fingerprint density at radius 1 is 1.19 bits per heavy atom. The molecule has 2 aromatic carbocycles. The monoisotopic (exact) mass is 641 g/mol. The van der Waals surface area contributed by atoms with E-state index in [4.69, 9.17) is 16.3 Å². The number of hydrogen-bond donors (Lipinski definition) is 4. The number of nitrogens with zero attached hydrogens (tertiary/aromatic N) is 4. The van der Waals surface area contributed by atoms with Crippen molar-refractivity contribution in [2.45, 2.75) is 31.6 Å². The van der Waals surface area contributed by atoms with Crippen LogP contribution in [0.1, 0.15) is 34.3 Å². The van der Waals surface area contributed by atoms with Gasteiger partial charge in [0.25, 0.3) is 5.91 Å². The van der Waals surface area contributed by atoms with E-state index in [1.165, 1.54) is 38.4 Å². The van der Waals surface area contributed by atoms with Crippen LogP contribution in [0.4, 0.5) is 36.3 Å². The van der Waals surface area contributed by atoms with Crippen molar-refractivity contribution in [3.05, 3.63) is 64.3 Å². The molecule has 0 bridgehead atoms. The molecule has 3 aromatic rings. The molecule has 1 aliphatic heterocycles. The fourth-order valence-electron chi connectivity index (χ4n) is 4.52. The molecule has 4 rings (SSSR count). The standard InChI is InChI=1S/C27H31ClF3N7O4S/c1-37-10-8-19(9-11-37)34-25(39)16-5-7-21(23(12-16)42-3)35-26-33-15-20(27(29,30)31)24(36-26)32-14-17-4-6-18(28)13-22(17)38(2)43(40)41/h4-7,12-13,15,19,43H,8-11,14H2,1-3H3,(H,34,39)(H2,32,33,35,36). The SMILES string of the molecule is COc1cc(C(=O)NC2CCN(C)CC2)ccc1Nc1ncc(C(F)(F)F)c(NCc2ccc(Cl)cc2N(C)[SH](=O)=O)n1. The Balaban J connectivity index is 1.55. The van der Waals surface area contributed by atoms with Crippen LogP contribution in [-0.2, 0) is 23.6 Å². The highest BCUT2D eigenvalue weighted by atomic mass is 35.5. The fourth-order valence-corrected chi connectivity index (χ4v) is 5.05. The summed E-state index contributed by atoms with van der Waals surface area (Å²) in [5.74, 6) is -0.707. The Kier molecular flexibility index (Phi) is 10.2. The van der Waals surface area contributed by atoms with Crippen molar-refractivity contribution in [1.29, 1.82) is 0 Å². The highest BCUT2D eigenvalue weighted by Crippen LogP contribution is 2.36. The van der Waals surface area contributed by atoms with Crippen LogP contribution in [0, 0.1) is 0 Å². The summed E-state index contributed by atoms with van der Waals surface area (Å²) >= 11 is 6.01. The van der Waals surface area contributed by atoms with Crippen molar-refractivity contribution in [2.24, 2.45) is 0 Å². The number of alkyl halides is 3. The maximum atomic E-state index is 13.8. The van der Waals surface area contributed by atoms with Gasteiger partial charge in [0.2, 0.25) is 16.8 Å². The van der Waals surface area contributed by atoms with Crippen LogP contribution in [-0.4, -0.2) is 69.5 Å². The van der Waals surface area contributed by atoms with Gasteiger partial charge in [-0.1, -0.05) is 17.7 Å². The number of rotatable bonds is 10. The molecule has 0 atom stereocenters. The average Bonchev–Trinajstić information content (AvgIpc) is 2.96. The lowest BCUT2D eigenvalue weighted by Crippen LogP contribution is -2.43. The van der Waals surface area contributed by atoms with Gasteiger partial charge in [0.05, 0.1) is 18.5 Å². The predicted octanol–water partition coefficient (Wildman–Crippen LogP) is 4.30. The molecule has 1 aromatic heterocycles. The van der Waals surface area contributed by atoms with Gasteiger partial charge in [-0.2, -0.15) is 18.2 Å². The Bertz CT molecular complexity index is 1540. The summed E-state index contributed by atoms with van der Waals surface area (Å²) in [7, 11) is 1.71. The maximum Gasteiger partial charge on any atom is 0.421 e. The number of carbonyl (C=O) groups excluding carboxylic acids is 1. The van der Waals surface area contributed by atoms with Crippen LogP contribution >= 0.6 is 11.6 Å². The number of piperidine rings is 1. The summed E-state index contributed by atoms with van der Waals surface area (Å²) in [6.45, 7) is 1.57. The second kappa shape index (κ2) is 13.7. The number of thiol groups is 1. The lowest BCUT2D eigenvalue weighted by Gasteiger charge is -2.29. The molecule has 1 saturated heterocycles. The second-order valence-corrected chi connectivity index (χ2v) is 11.4. The van der Waals surface area contributed by atoms with E-state index < -0.39 is 28.4 Å². The van der Waals surface area contributed by atoms with Crippen molar-refractivity contribution >= 4 is 51.5 Å². The van der Waals surface area contributed by atoms with E-state index in [1.807, 2.05) is 7.05 Å². The van der Waals surface area contributed by atoms with Crippen molar-refractivity contribution in [2.75, 3.05) is 49.2 Å². The summed E-state index contributed by atoms with van der Waals surface area (Å²) in [4.78, 5) is 22.9. The summed E-state index contributed by atoms with van der Waals surface area (Å²) < 4.78 is 70.9. The highest BCUT2D eigenvalue weighted by molar-refractivity contribution is 7.74. The molecule has 0 unspecified atom stereocenters. The molecule has 1 amide bonds. The molecule has 0 aliphatic carbocycles. The first kappa shape index (κ1) is 32.1. The number of halogens is 4. The number of likely N-dealkylation sites (tertiary alicyclic amines) is 1. The zero-order valence-corrected chi connectivity index (χ0v) is 25.2. The normalized spacial score (nSPS) is 14.4. The third-order valence-electron chi connectivity index (χ3n) is 6.95. The highest BCUT2D eigenvalue weighted by Gasteiger charge is 2.35. The Hall–Kier alpha value is -3.82. The Morgan fingerprint density at radius 3 is 2.56 bits per heavy atom. The fraction of sp³-hybridized carbons (Fsp3) is 0.370. The van der Waals surface area contributed by atoms with Crippen LogP contribution < -0.4 is 25.0 Å². The van der Waals surface area contributed by atoms with Gasteiger partial charge >= 0.3 is 6.18 Å². The summed E-state index contributed by atoms with van der Waals surface area (Å²) in [5.41, 5.74) is 0.125. The van der Waals surface area contributed by atoms with E-state index in [0.717, 1.165) is 30.2 Å². The number of methoxy groups -OCH3 is 1. The van der Waals surface area contributed by atoms with Gasteiger partial charge in [-0.05, 0) is 68.9 Å². The molecular weight excluding hydrogens is 611 g/mol. The zero-order chi connectivity index (χ0) is 31.3. The molecule has 0 radical (unpaired) electrons. The molecule has 43 heavy (non-hydrogen) atoms. The minimum Gasteiger partial charge on any atom is -0.495 e. The third-order valence-corrected chi connectivity index (χ3v) is 7.89. The topological polar surface area (TPSA) is 129 Å². The largest absolute Gasteiger partial charge is 0.495 e. The molecule has 0 saturated carbocycles. The summed E-state index contributed by atoms with van der Waals surface area (Å²) in [6.07, 6.45) is -2.46. The quantitative estimate of drug-likeness (QED) is 0.240. The van der Waals surface area contributed by atoms with Crippen molar-refractivity contribution < 1.29 is 31.1 Å². The smallest absolute Gasteiger partial charge is 0.421 e. The van der Waals surface area contributed by atoms with Crippen molar-refractivity contribution in [1.82, 2.24) is 20.2 Å². The molecule has 1 fully saturated rings. The molecule has 0 spiro atoms.